The Morgan fingerprint density at radius 2 is 1.71 bits per heavy atom. The summed E-state index contributed by atoms with van der Waals surface area (Å²) >= 11 is 0. The van der Waals surface area contributed by atoms with Gasteiger partial charge in [-0.1, -0.05) is 60.2 Å². The smallest absolute Gasteiger partial charge is 0.134 e. The Bertz CT molecular complexity index is 823. The Hall–Kier alpha value is -3.00. The van der Waals surface area contributed by atoms with Crippen molar-refractivity contribution in [2.24, 2.45) is 0 Å². The second-order valence-corrected chi connectivity index (χ2v) is 5.65. The van der Waals surface area contributed by atoms with E-state index < -0.39 is 0 Å². The minimum Gasteiger partial charge on any atom is -0.464 e. The SMILES string of the molecule is CNc1ccc(C=CC=C(c2ccc(C)cc2)c2ccco2)cc1. The molecule has 0 atom stereocenters. The number of aryl methyl sites for hydroxylation is 1. The molecule has 0 spiro atoms. The van der Waals surface area contributed by atoms with Gasteiger partial charge in [0.2, 0.25) is 0 Å². The fourth-order valence-corrected chi connectivity index (χ4v) is 2.50. The standard InChI is InChI=1S/C22H21NO/c1-17-8-12-19(13-9-17)21(22-7-4-16-24-22)6-3-5-18-10-14-20(23-2)15-11-18/h3-16,23H,1-2H3. The van der Waals surface area contributed by atoms with E-state index in [0.29, 0.717) is 0 Å². The van der Waals surface area contributed by atoms with Crippen LogP contribution in [0.5, 0.6) is 0 Å². The summed E-state index contributed by atoms with van der Waals surface area (Å²) in [6.45, 7) is 2.09. The van der Waals surface area contributed by atoms with Gasteiger partial charge in [0.05, 0.1) is 6.26 Å². The van der Waals surface area contributed by atoms with Crippen LogP contribution >= 0.6 is 0 Å². The quantitative estimate of drug-likeness (QED) is 0.604. The van der Waals surface area contributed by atoms with Crippen LogP contribution in [0.2, 0.25) is 0 Å². The molecule has 0 aliphatic rings. The first-order valence-corrected chi connectivity index (χ1v) is 8.03. The number of anilines is 1. The molecule has 0 saturated heterocycles. The summed E-state index contributed by atoms with van der Waals surface area (Å²) in [6, 6.07) is 20.7. The maximum Gasteiger partial charge on any atom is 0.134 e. The van der Waals surface area contributed by atoms with Crippen molar-refractivity contribution in [3.8, 4) is 0 Å². The van der Waals surface area contributed by atoms with Gasteiger partial charge in [0.25, 0.3) is 0 Å². The lowest BCUT2D eigenvalue weighted by Gasteiger charge is -2.05. The number of allylic oxidation sites excluding steroid dienone is 2. The van der Waals surface area contributed by atoms with E-state index in [1.807, 2.05) is 19.2 Å². The van der Waals surface area contributed by atoms with Gasteiger partial charge in [0.15, 0.2) is 0 Å². The summed E-state index contributed by atoms with van der Waals surface area (Å²) in [5, 5.41) is 3.12. The van der Waals surface area contributed by atoms with Gasteiger partial charge in [0, 0.05) is 18.3 Å². The summed E-state index contributed by atoms with van der Waals surface area (Å²) in [6.07, 6.45) is 7.95. The topological polar surface area (TPSA) is 25.2 Å². The summed E-state index contributed by atoms with van der Waals surface area (Å²) in [7, 11) is 1.92. The van der Waals surface area contributed by atoms with Crippen LogP contribution in [0.4, 0.5) is 5.69 Å². The van der Waals surface area contributed by atoms with E-state index in [1.165, 1.54) is 5.56 Å². The van der Waals surface area contributed by atoms with Crippen LogP contribution in [-0.4, -0.2) is 7.05 Å². The monoisotopic (exact) mass is 315 g/mol. The third kappa shape index (κ3) is 3.85. The minimum atomic E-state index is 0.869. The zero-order chi connectivity index (χ0) is 16.8. The normalized spacial score (nSPS) is 11.8. The lowest BCUT2D eigenvalue weighted by molar-refractivity contribution is 0.554. The van der Waals surface area contributed by atoms with E-state index in [-0.39, 0.29) is 0 Å². The first-order chi connectivity index (χ1) is 11.8. The Balaban J connectivity index is 1.88. The van der Waals surface area contributed by atoms with Crippen molar-refractivity contribution >= 4 is 17.3 Å². The zero-order valence-corrected chi connectivity index (χ0v) is 14.0. The maximum atomic E-state index is 5.60. The lowest BCUT2D eigenvalue weighted by atomic mass is 10.0. The molecular weight excluding hydrogens is 294 g/mol. The molecule has 0 aliphatic carbocycles. The number of hydrogen-bond donors (Lipinski definition) is 1. The molecule has 120 valence electrons. The van der Waals surface area contributed by atoms with E-state index in [4.69, 9.17) is 4.42 Å². The number of furan rings is 1. The second-order valence-electron chi connectivity index (χ2n) is 5.65. The van der Waals surface area contributed by atoms with E-state index in [1.54, 1.807) is 6.26 Å². The summed E-state index contributed by atoms with van der Waals surface area (Å²) < 4.78 is 5.60. The molecule has 2 nitrogen and oxygen atoms in total. The van der Waals surface area contributed by atoms with Crippen LogP contribution in [0.25, 0.3) is 11.6 Å². The first kappa shape index (κ1) is 15.9. The predicted octanol–water partition coefficient (Wildman–Crippen LogP) is 5.77. The fraction of sp³-hybridized carbons (Fsp3) is 0.0909. The van der Waals surface area contributed by atoms with Crippen LogP contribution in [0.1, 0.15) is 22.5 Å². The van der Waals surface area contributed by atoms with Gasteiger partial charge in [-0.3, -0.25) is 0 Å². The first-order valence-electron chi connectivity index (χ1n) is 8.03. The van der Waals surface area contributed by atoms with Crippen molar-refractivity contribution < 1.29 is 4.42 Å². The van der Waals surface area contributed by atoms with Crippen molar-refractivity contribution in [3.63, 3.8) is 0 Å². The largest absolute Gasteiger partial charge is 0.464 e. The van der Waals surface area contributed by atoms with Gasteiger partial charge in [-0.2, -0.15) is 0 Å². The molecule has 0 fully saturated rings. The maximum absolute atomic E-state index is 5.60. The Kier molecular flexibility index (Phi) is 4.97. The number of rotatable bonds is 5. The Labute approximate surface area is 143 Å². The van der Waals surface area contributed by atoms with Crippen molar-refractivity contribution in [2.45, 2.75) is 6.92 Å². The molecule has 3 rings (SSSR count). The molecule has 0 bridgehead atoms. The molecule has 1 aromatic heterocycles. The van der Waals surface area contributed by atoms with Crippen LogP contribution in [0, 0.1) is 6.92 Å². The average Bonchev–Trinajstić information content (AvgIpc) is 3.15. The van der Waals surface area contributed by atoms with Crippen LogP contribution < -0.4 is 5.32 Å². The van der Waals surface area contributed by atoms with Gasteiger partial charge >= 0.3 is 0 Å². The zero-order valence-electron chi connectivity index (χ0n) is 14.0. The molecule has 0 radical (unpaired) electrons. The molecule has 0 amide bonds. The molecular formula is C22H21NO. The highest BCUT2D eigenvalue weighted by atomic mass is 16.3. The highest BCUT2D eigenvalue weighted by molar-refractivity contribution is 5.79. The van der Waals surface area contributed by atoms with Crippen molar-refractivity contribution in [3.05, 3.63) is 102 Å². The van der Waals surface area contributed by atoms with Crippen LogP contribution in [0.15, 0.2) is 83.5 Å². The number of nitrogens with one attached hydrogen (secondary N) is 1. The Morgan fingerprint density at radius 3 is 2.33 bits per heavy atom. The molecule has 0 saturated carbocycles. The van der Waals surface area contributed by atoms with E-state index in [9.17, 15) is 0 Å². The molecule has 24 heavy (non-hydrogen) atoms. The van der Waals surface area contributed by atoms with Crippen molar-refractivity contribution in [1.29, 1.82) is 0 Å². The highest BCUT2D eigenvalue weighted by Crippen LogP contribution is 2.24. The number of benzene rings is 2. The van der Waals surface area contributed by atoms with Crippen molar-refractivity contribution in [2.75, 3.05) is 12.4 Å². The minimum absolute atomic E-state index is 0.869. The average molecular weight is 315 g/mol. The van der Waals surface area contributed by atoms with Gasteiger partial charge in [-0.05, 0) is 42.3 Å². The number of hydrogen-bond acceptors (Lipinski definition) is 2. The van der Waals surface area contributed by atoms with Crippen LogP contribution in [-0.2, 0) is 0 Å². The van der Waals surface area contributed by atoms with Crippen LogP contribution in [0.3, 0.4) is 0 Å². The molecule has 2 heteroatoms. The van der Waals surface area contributed by atoms with E-state index >= 15 is 0 Å². The van der Waals surface area contributed by atoms with Crippen molar-refractivity contribution in [1.82, 2.24) is 0 Å². The second kappa shape index (κ2) is 7.51. The summed E-state index contributed by atoms with van der Waals surface area (Å²) in [5.74, 6) is 0.869. The van der Waals surface area contributed by atoms with Gasteiger partial charge < -0.3 is 9.73 Å². The van der Waals surface area contributed by atoms with E-state index in [2.05, 4.69) is 79.0 Å². The summed E-state index contributed by atoms with van der Waals surface area (Å²) in [5.41, 5.74) is 5.73. The third-order valence-electron chi connectivity index (χ3n) is 3.90. The molecule has 1 N–H and O–H groups in total. The molecule has 3 aromatic rings. The third-order valence-corrected chi connectivity index (χ3v) is 3.90. The van der Waals surface area contributed by atoms with E-state index in [0.717, 1.165) is 28.1 Å². The lowest BCUT2D eigenvalue weighted by Crippen LogP contribution is -1.86. The molecule has 0 unspecified atom stereocenters. The van der Waals surface area contributed by atoms with Gasteiger partial charge in [-0.15, -0.1) is 0 Å². The molecule has 1 heterocycles. The predicted molar refractivity (Wildman–Crippen MR) is 102 cm³/mol. The van der Waals surface area contributed by atoms with Gasteiger partial charge in [0.1, 0.15) is 5.76 Å². The highest BCUT2D eigenvalue weighted by Gasteiger charge is 2.06. The summed E-state index contributed by atoms with van der Waals surface area (Å²) in [4.78, 5) is 0. The molecule has 0 aliphatic heterocycles. The Morgan fingerprint density at radius 1 is 0.958 bits per heavy atom. The van der Waals surface area contributed by atoms with Gasteiger partial charge in [-0.25, -0.2) is 0 Å². The molecule has 2 aromatic carbocycles. The fourth-order valence-electron chi connectivity index (χ4n) is 2.50.